The van der Waals surface area contributed by atoms with E-state index in [1.54, 1.807) is 18.2 Å². The molecule has 1 aromatic rings. The van der Waals surface area contributed by atoms with Gasteiger partial charge in [-0.1, -0.05) is 35.2 Å². The Kier molecular flexibility index (Phi) is 7.21. The molecule has 110 valence electrons. The topological polar surface area (TPSA) is 135 Å². The number of hydrogen-bond acceptors (Lipinski definition) is 3. The second-order valence-corrected chi connectivity index (χ2v) is 4.50. The summed E-state index contributed by atoms with van der Waals surface area (Å²) in [5, 5.41) is 15.7. The Labute approximate surface area is 121 Å². The van der Waals surface area contributed by atoms with E-state index in [0.717, 1.165) is 31.2 Å². The monoisotopic (exact) mass is 288 g/mol. The highest BCUT2D eigenvalue weighted by molar-refractivity contribution is 5.87. The van der Waals surface area contributed by atoms with Crippen LogP contribution in [0.1, 0.15) is 41.6 Å². The third-order valence-electron chi connectivity index (χ3n) is 2.97. The number of carboxylic acids is 1. The Bertz CT molecular complexity index is 558. The normalized spacial score (nSPS) is 11.0. The lowest BCUT2D eigenvalue weighted by molar-refractivity contribution is 0.0696. The van der Waals surface area contributed by atoms with Gasteiger partial charge in [0.2, 0.25) is 0 Å². The number of azide groups is 1. The quantitative estimate of drug-likeness (QED) is 0.311. The van der Waals surface area contributed by atoms with Gasteiger partial charge in [0.1, 0.15) is 6.17 Å². The lowest BCUT2D eigenvalue weighted by Crippen LogP contribution is -1.99. The summed E-state index contributed by atoms with van der Waals surface area (Å²) in [5.74, 6) is -0.927. The molecule has 0 unspecified atom stereocenters. The molecule has 8 nitrogen and oxygen atoms in total. The number of aromatic carboxylic acids is 1. The van der Waals surface area contributed by atoms with E-state index in [4.69, 9.17) is 16.2 Å². The molecule has 0 atom stereocenters. The number of nitrogens with zero attached hydrogens (tertiary/aromatic N) is 6. The van der Waals surface area contributed by atoms with Crippen molar-refractivity contribution in [2.45, 2.75) is 38.3 Å². The van der Waals surface area contributed by atoms with Crippen LogP contribution >= 0.6 is 0 Å². The van der Waals surface area contributed by atoms with E-state index in [1.165, 1.54) is 0 Å². The van der Waals surface area contributed by atoms with Crippen LogP contribution in [0.3, 0.4) is 0 Å². The predicted molar refractivity (Wildman–Crippen MR) is 77.7 cm³/mol. The molecule has 21 heavy (non-hydrogen) atoms. The SMILES string of the molecule is [N-]=[N+]=NC(CCCCCc1cccc(C(=O)O)c1)N=[N+]=[N-]. The molecule has 0 aliphatic heterocycles. The minimum Gasteiger partial charge on any atom is -0.478 e. The summed E-state index contributed by atoms with van der Waals surface area (Å²) < 4.78 is 0. The van der Waals surface area contributed by atoms with E-state index in [2.05, 4.69) is 20.1 Å². The molecule has 0 saturated heterocycles. The number of carboxylic acid groups (broad SMARTS) is 1. The molecular weight excluding hydrogens is 272 g/mol. The molecule has 1 aromatic carbocycles. The molecule has 0 amide bonds. The largest absolute Gasteiger partial charge is 0.478 e. The van der Waals surface area contributed by atoms with Crippen LogP contribution in [0, 0.1) is 0 Å². The third-order valence-corrected chi connectivity index (χ3v) is 2.97. The van der Waals surface area contributed by atoms with Gasteiger partial charge < -0.3 is 5.11 Å². The van der Waals surface area contributed by atoms with Crippen molar-refractivity contribution in [1.29, 1.82) is 0 Å². The molecule has 0 bridgehead atoms. The molecule has 0 aliphatic rings. The number of hydrogen-bond donors (Lipinski definition) is 1. The zero-order valence-corrected chi connectivity index (χ0v) is 11.5. The van der Waals surface area contributed by atoms with Gasteiger partial charge in [0.15, 0.2) is 0 Å². The van der Waals surface area contributed by atoms with Crippen LogP contribution in [0.4, 0.5) is 0 Å². The summed E-state index contributed by atoms with van der Waals surface area (Å²) in [6.07, 6.45) is 3.19. The highest BCUT2D eigenvalue weighted by atomic mass is 16.4. The summed E-state index contributed by atoms with van der Waals surface area (Å²) in [5.41, 5.74) is 17.9. The fraction of sp³-hybridized carbons (Fsp3) is 0.462. The van der Waals surface area contributed by atoms with Crippen molar-refractivity contribution in [2.75, 3.05) is 0 Å². The molecule has 0 fully saturated rings. The molecule has 0 aliphatic carbocycles. The fourth-order valence-corrected chi connectivity index (χ4v) is 1.95. The first-order valence-electron chi connectivity index (χ1n) is 6.58. The van der Waals surface area contributed by atoms with Crippen molar-refractivity contribution in [3.8, 4) is 0 Å². The van der Waals surface area contributed by atoms with E-state index >= 15 is 0 Å². The highest BCUT2D eigenvalue weighted by Crippen LogP contribution is 2.13. The second kappa shape index (κ2) is 9.25. The van der Waals surface area contributed by atoms with Crippen LogP contribution in [0.2, 0.25) is 0 Å². The maximum Gasteiger partial charge on any atom is 0.335 e. The van der Waals surface area contributed by atoms with Crippen LogP contribution in [0.5, 0.6) is 0 Å². The summed E-state index contributed by atoms with van der Waals surface area (Å²) in [6.45, 7) is 0. The Balaban J connectivity index is 2.34. The number of aryl methyl sites for hydroxylation is 1. The van der Waals surface area contributed by atoms with E-state index < -0.39 is 12.1 Å². The average Bonchev–Trinajstić information content (AvgIpc) is 2.47. The van der Waals surface area contributed by atoms with E-state index in [0.29, 0.717) is 12.0 Å². The van der Waals surface area contributed by atoms with E-state index in [-0.39, 0.29) is 0 Å². The number of carbonyl (C=O) groups is 1. The molecule has 0 saturated carbocycles. The molecule has 8 heteroatoms. The molecule has 0 aromatic heterocycles. The first kappa shape index (κ1) is 16.4. The smallest absolute Gasteiger partial charge is 0.335 e. The van der Waals surface area contributed by atoms with Crippen molar-refractivity contribution < 1.29 is 9.90 Å². The van der Waals surface area contributed by atoms with Gasteiger partial charge in [-0.2, -0.15) is 0 Å². The molecular formula is C13H16N6O2. The molecule has 0 heterocycles. The average molecular weight is 288 g/mol. The zero-order chi connectivity index (χ0) is 15.5. The number of rotatable bonds is 9. The summed E-state index contributed by atoms with van der Waals surface area (Å²) >= 11 is 0. The van der Waals surface area contributed by atoms with Gasteiger partial charge in [-0.15, -0.1) is 0 Å². The third kappa shape index (κ3) is 6.33. The lowest BCUT2D eigenvalue weighted by atomic mass is 10.0. The van der Waals surface area contributed by atoms with Crippen molar-refractivity contribution in [3.63, 3.8) is 0 Å². The minimum absolute atomic E-state index is 0.291. The first-order valence-corrected chi connectivity index (χ1v) is 6.58. The Morgan fingerprint density at radius 3 is 2.52 bits per heavy atom. The number of unbranched alkanes of at least 4 members (excludes halogenated alkanes) is 2. The minimum atomic E-state index is -0.927. The zero-order valence-electron chi connectivity index (χ0n) is 11.5. The first-order chi connectivity index (χ1) is 10.2. The summed E-state index contributed by atoms with van der Waals surface area (Å²) in [4.78, 5) is 16.1. The maximum absolute atomic E-state index is 10.8. The van der Waals surface area contributed by atoms with Gasteiger partial charge in [0.05, 0.1) is 5.56 Å². The summed E-state index contributed by atoms with van der Waals surface area (Å²) in [7, 11) is 0. The van der Waals surface area contributed by atoms with E-state index in [9.17, 15) is 4.79 Å². The molecule has 1 rings (SSSR count). The highest BCUT2D eigenvalue weighted by Gasteiger charge is 2.04. The second-order valence-electron chi connectivity index (χ2n) is 4.50. The van der Waals surface area contributed by atoms with Gasteiger partial charge in [0, 0.05) is 9.82 Å². The fourth-order valence-electron chi connectivity index (χ4n) is 1.95. The van der Waals surface area contributed by atoms with Crippen LogP contribution in [0.25, 0.3) is 20.9 Å². The van der Waals surface area contributed by atoms with Crippen LogP contribution in [0.15, 0.2) is 34.5 Å². The Hall–Kier alpha value is -2.69. The van der Waals surface area contributed by atoms with Crippen LogP contribution in [-0.2, 0) is 6.42 Å². The lowest BCUT2D eigenvalue weighted by Gasteiger charge is -2.05. The van der Waals surface area contributed by atoms with E-state index in [1.807, 2.05) is 6.07 Å². The van der Waals surface area contributed by atoms with Gasteiger partial charge in [-0.25, -0.2) is 4.79 Å². The van der Waals surface area contributed by atoms with Gasteiger partial charge >= 0.3 is 5.97 Å². The van der Waals surface area contributed by atoms with Crippen LogP contribution in [-0.4, -0.2) is 17.2 Å². The van der Waals surface area contributed by atoms with Crippen molar-refractivity contribution >= 4 is 5.97 Å². The van der Waals surface area contributed by atoms with Crippen molar-refractivity contribution in [1.82, 2.24) is 0 Å². The molecule has 0 spiro atoms. The standard InChI is InChI=1S/C13H16N6O2/c14-18-16-12(17-19-15)8-3-1-2-5-10-6-4-7-11(9-10)13(20)21/h4,6-7,9,12H,1-3,5,8H2,(H,20,21). The molecule has 1 N–H and O–H groups in total. The predicted octanol–water partition coefficient (Wildman–Crippen LogP) is 4.43. The Morgan fingerprint density at radius 1 is 1.19 bits per heavy atom. The Morgan fingerprint density at radius 2 is 1.90 bits per heavy atom. The number of benzene rings is 1. The van der Waals surface area contributed by atoms with Gasteiger partial charge in [-0.3, -0.25) is 0 Å². The van der Waals surface area contributed by atoms with Crippen molar-refractivity contribution in [2.24, 2.45) is 10.2 Å². The van der Waals surface area contributed by atoms with Gasteiger partial charge in [-0.05, 0) is 48.0 Å². The van der Waals surface area contributed by atoms with Crippen molar-refractivity contribution in [3.05, 3.63) is 56.3 Å². The maximum atomic E-state index is 10.8. The van der Waals surface area contributed by atoms with Crippen LogP contribution < -0.4 is 0 Å². The molecule has 0 radical (unpaired) electrons. The summed E-state index contributed by atoms with van der Waals surface area (Å²) in [6, 6.07) is 6.87. The van der Waals surface area contributed by atoms with Gasteiger partial charge in [0.25, 0.3) is 0 Å².